The highest BCUT2D eigenvalue weighted by atomic mass is 32.1. The summed E-state index contributed by atoms with van der Waals surface area (Å²) in [6.45, 7) is 4.74. The van der Waals surface area contributed by atoms with E-state index in [9.17, 15) is 0 Å². The standard InChI is InChI=1S/C51H34N2S/c1-51(2)43-18-7-3-12-35(43)36-27-26-33(30-44(36)51)53-46-20-9-5-14-38(46)41-29-28-40-37-13-4-8-19-45(37)52(48(40)49(41)53)32-24-22-31(23-25-32)34-16-11-17-42-39-15-6-10-21-47(39)54-50(34)42/h3-30H,1-2H3. The topological polar surface area (TPSA) is 9.86 Å². The molecule has 1 aliphatic rings. The van der Waals surface area contributed by atoms with Gasteiger partial charge in [-0.1, -0.05) is 141 Å². The Morgan fingerprint density at radius 2 is 0.963 bits per heavy atom. The van der Waals surface area contributed by atoms with Gasteiger partial charge < -0.3 is 9.13 Å². The molecule has 3 heterocycles. The highest BCUT2D eigenvalue weighted by Crippen LogP contribution is 2.50. The van der Waals surface area contributed by atoms with E-state index in [-0.39, 0.29) is 5.41 Å². The van der Waals surface area contributed by atoms with Gasteiger partial charge in [-0.25, -0.2) is 0 Å². The van der Waals surface area contributed by atoms with Crippen molar-refractivity contribution in [1.82, 2.24) is 9.13 Å². The molecular formula is C51H34N2S. The Bertz CT molecular complexity index is 3350. The molecule has 0 unspecified atom stereocenters. The van der Waals surface area contributed by atoms with Gasteiger partial charge in [0, 0.05) is 58.5 Å². The molecule has 0 spiro atoms. The van der Waals surface area contributed by atoms with Crippen LogP contribution in [0.3, 0.4) is 0 Å². The molecule has 0 aliphatic heterocycles. The zero-order valence-electron chi connectivity index (χ0n) is 30.0. The molecule has 0 bridgehead atoms. The number of para-hydroxylation sites is 2. The molecule has 0 amide bonds. The van der Waals surface area contributed by atoms with Crippen molar-refractivity contribution >= 4 is 75.1 Å². The van der Waals surface area contributed by atoms with Gasteiger partial charge in [0.05, 0.1) is 22.1 Å². The molecule has 12 rings (SSSR count). The first-order valence-corrected chi connectivity index (χ1v) is 19.6. The Labute approximate surface area is 316 Å². The second-order valence-corrected chi connectivity index (χ2v) is 16.3. The molecule has 0 radical (unpaired) electrons. The largest absolute Gasteiger partial charge is 0.307 e. The fourth-order valence-corrected chi connectivity index (χ4v) is 10.9. The van der Waals surface area contributed by atoms with Crippen molar-refractivity contribution in [3.8, 4) is 33.6 Å². The van der Waals surface area contributed by atoms with Crippen molar-refractivity contribution in [1.29, 1.82) is 0 Å². The lowest BCUT2D eigenvalue weighted by molar-refractivity contribution is 0.660. The second kappa shape index (κ2) is 10.8. The Kier molecular flexibility index (Phi) is 6.03. The normalized spacial score (nSPS) is 13.5. The summed E-state index contributed by atoms with van der Waals surface area (Å²) in [5, 5.41) is 7.70. The van der Waals surface area contributed by atoms with Crippen molar-refractivity contribution in [2.24, 2.45) is 0 Å². The molecule has 2 nitrogen and oxygen atoms in total. The summed E-state index contributed by atoms with van der Waals surface area (Å²) in [5.74, 6) is 0. The number of benzene rings is 8. The summed E-state index contributed by atoms with van der Waals surface area (Å²) in [4.78, 5) is 0. The molecule has 0 fully saturated rings. The first-order valence-electron chi connectivity index (χ1n) is 18.8. The zero-order chi connectivity index (χ0) is 35.7. The third-order valence-electron chi connectivity index (χ3n) is 12.1. The minimum atomic E-state index is -0.0904. The average molecular weight is 707 g/mol. The number of hydrogen-bond acceptors (Lipinski definition) is 1. The van der Waals surface area contributed by atoms with E-state index in [1.165, 1.54) is 103 Å². The van der Waals surface area contributed by atoms with Crippen molar-refractivity contribution in [2.75, 3.05) is 0 Å². The van der Waals surface area contributed by atoms with E-state index in [2.05, 4.69) is 193 Å². The lowest BCUT2D eigenvalue weighted by Gasteiger charge is -2.22. The summed E-state index contributed by atoms with van der Waals surface area (Å²) in [5.41, 5.74) is 15.1. The van der Waals surface area contributed by atoms with Gasteiger partial charge in [0.2, 0.25) is 0 Å². The number of aromatic nitrogens is 2. The van der Waals surface area contributed by atoms with E-state index in [0.717, 1.165) is 5.69 Å². The molecule has 3 heteroatoms. The van der Waals surface area contributed by atoms with E-state index in [1.807, 2.05) is 11.3 Å². The molecule has 11 aromatic rings. The van der Waals surface area contributed by atoms with Gasteiger partial charge in [-0.05, 0) is 75.8 Å². The molecule has 54 heavy (non-hydrogen) atoms. The van der Waals surface area contributed by atoms with E-state index < -0.39 is 0 Å². The third-order valence-corrected chi connectivity index (χ3v) is 13.4. The maximum atomic E-state index is 2.53. The summed E-state index contributed by atoms with van der Waals surface area (Å²) in [6, 6.07) is 63.3. The number of fused-ring (bicyclic) bond motifs is 13. The van der Waals surface area contributed by atoms with E-state index in [0.29, 0.717) is 0 Å². The average Bonchev–Trinajstić information content (AvgIpc) is 3.93. The molecule has 1 aliphatic carbocycles. The van der Waals surface area contributed by atoms with Gasteiger partial charge >= 0.3 is 0 Å². The Morgan fingerprint density at radius 3 is 1.70 bits per heavy atom. The van der Waals surface area contributed by atoms with Crippen LogP contribution >= 0.6 is 11.3 Å². The van der Waals surface area contributed by atoms with Crippen LogP contribution in [-0.4, -0.2) is 9.13 Å². The molecule has 0 N–H and O–H groups in total. The summed E-state index contributed by atoms with van der Waals surface area (Å²) >= 11 is 1.89. The summed E-state index contributed by atoms with van der Waals surface area (Å²) < 4.78 is 7.70. The van der Waals surface area contributed by atoms with Gasteiger partial charge in [-0.15, -0.1) is 11.3 Å². The van der Waals surface area contributed by atoms with Crippen molar-refractivity contribution < 1.29 is 0 Å². The molecule has 8 aromatic carbocycles. The predicted octanol–water partition coefficient (Wildman–Crippen LogP) is 14.2. The van der Waals surface area contributed by atoms with Crippen LogP contribution in [0, 0.1) is 0 Å². The number of nitrogens with zero attached hydrogens (tertiary/aromatic N) is 2. The van der Waals surface area contributed by atoms with Gasteiger partial charge in [0.15, 0.2) is 0 Å². The minimum Gasteiger partial charge on any atom is -0.307 e. The third kappa shape index (κ3) is 3.94. The molecule has 254 valence electrons. The molecule has 3 aromatic heterocycles. The lowest BCUT2D eigenvalue weighted by Crippen LogP contribution is -2.15. The summed E-state index contributed by atoms with van der Waals surface area (Å²) in [6.07, 6.45) is 0. The molecule has 0 saturated heterocycles. The van der Waals surface area contributed by atoms with Crippen LogP contribution in [-0.2, 0) is 5.41 Å². The molecular weight excluding hydrogens is 673 g/mol. The van der Waals surface area contributed by atoms with E-state index in [1.54, 1.807) is 0 Å². The minimum absolute atomic E-state index is 0.0904. The van der Waals surface area contributed by atoms with Crippen LogP contribution in [0.15, 0.2) is 170 Å². The van der Waals surface area contributed by atoms with Gasteiger partial charge in [-0.3, -0.25) is 0 Å². The Morgan fingerprint density at radius 1 is 0.407 bits per heavy atom. The van der Waals surface area contributed by atoms with Crippen LogP contribution in [0.5, 0.6) is 0 Å². The quantitative estimate of drug-likeness (QED) is 0.173. The van der Waals surface area contributed by atoms with Gasteiger partial charge in [-0.2, -0.15) is 0 Å². The van der Waals surface area contributed by atoms with Gasteiger partial charge in [0.25, 0.3) is 0 Å². The highest BCUT2D eigenvalue weighted by molar-refractivity contribution is 7.26. The van der Waals surface area contributed by atoms with Crippen molar-refractivity contribution in [2.45, 2.75) is 19.3 Å². The summed E-state index contributed by atoms with van der Waals surface area (Å²) in [7, 11) is 0. The van der Waals surface area contributed by atoms with Crippen LogP contribution in [0.4, 0.5) is 0 Å². The molecule has 0 saturated carbocycles. The first-order chi connectivity index (χ1) is 26.6. The number of thiophene rings is 1. The van der Waals surface area contributed by atoms with Crippen LogP contribution in [0.2, 0.25) is 0 Å². The number of hydrogen-bond donors (Lipinski definition) is 0. The van der Waals surface area contributed by atoms with Crippen molar-refractivity contribution in [3.63, 3.8) is 0 Å². The smallest absolute Gasteiger partial charge is 0.0788 e. The maximum absolute atomic E-state index is 2.53. The maximum Gasteiger partial charge on any atom is 0.0788 e. The fourth-order valence-electron chi connectivity index (χ4n) is 9.63. The lowest BCUT2D eigenvalue weighted by atomic mass is 9.82. The van der Waals surface area contributed by atoms with E-state index in [4.69, 9.17) is 0 Å². The first kappa shape index (κ1) is 30.1. The Balaban J connectivity index is 1.12. The highest BCUT2D eigenvalue weighted by Gasteiger charge is 2.35. The SMILES string of the molecule is CC1(C)c2ccccc2-c2ccc(-n3c4ccccc4c4ccc5c6ccccc6n(-c6ccc(-c7cccc8c7sc7ccccc78)cc6)c5c43)cc21. The number of rotatable bonds is 3. The monoisotopic (exact) mass is 706 g/mol. The van der Waals surface area contributed by atoms with Crippen LogP contribution in [0.25, 0.3) is 97.4 Å². The van der Waals surface area contributed by atoms with Gasteiger partial charge in [0.1, 0.15) is 0 Å². The Hall–Kier alpha value is -6.42. The van der Waals surface area contributed by atoms with E-state index >= 15 is 0 Å². The zero-order valence-corrected chi connectivity index (χ0v) is 30.8. The van der Waals surface area contributed by atoms with Crippen molar-refractivity contribution in [3.05, 3.63) is 181 Å². The fraction of sp³-hybridized carbons (Fsp3) is 0.0588. The second-order valence-electron chi connectivity index (χ2n) is 15.3. The predicted molar refractivity (Wildman–Crippen MR) is 231 cm³/mol. The molecule has 0 atom stereocenters. The van der Waals surface area contributed by atoms with Crippen LogP contribution in [0.1, 0.15) is 25.0 Å². The van der Waals surface area contributed by atoms with Crippen LogP contribution < -0.4 is 0 Å².